The molecule has 5 N–H and O–H groups in total. The highest BCUT2D eigenvalue weighted by atomic mass is 16.3. The van der Waals surface area contributed by atoms with Crippen molar-refractivity contribution in [3.8, 4) is 0 Å². The van der Waals surface area contributed by atoms with Crippen LogP contribution in [0.3, 0.4) is 0 Å². The van der Waals surface area contributed by atoms with Gasteiger partial charge in [0.2, 0.25) is 0 Å². The van der Waals surface area contributed by atoms with Crippen LogP contribution in [0.2, 0.25) is 0 Å². The minimum atomic E-state index is -0.228. The number of aliphatic hydroxyl groups excluding tert-OH is 1. The standard InChI is InChI=1S/C15H21N3O2/c1-9(2)5-11(8-19)18-15(20)13-7-17-14-4-3-10(16)6-12(13)14/h3-4,6-7,9,11,17,19H,5,8,16H2,1-2H3,(H,18,20). The van der Waals surface area contributed by atoms with Crippen molar-refractivity contribution in [2.75, 3.05) is 12.3 Å². The van der Waals surface area contributed by atoms with Crippen LogP contribution >= 0.6 is 0 Å². The molecule has 5 heteroatoms. The first kappa shape index (κ1) is 14.4. The minimum Gasteiger partial charge on any atom is -0.399 e. The molecule has 20 heavy (non-hydrogen) atoms. The number of anilines is 1. The molecule has 1 unspecified atom stereocenters. The number of hydrogen-bond acceptors (Lipinski definition) is 3. The van der Waals surface area contributed by atoms with Crippen molar-refractivity contribution in [1.29, 1.82) is 0 Å². The normalized spacial score (nSPS) is 12.8. The Balaban J connectivity index is 2.20. The third kappa shape index (κ3) is 3.11. The molecule has 0 bridgehead atoms. The summed E-state index contributed by atoms with van der Waals surface area (Å²) in [4.78, 5) is 15.3. The van der Waals surface area contributed by atoms with Crippen LogP contribution in [0.4, 0.5) is 5.69 Å². The summed E-state index contributed by atoms with van der Waals surface area (Å²) in [7, 11) is 0. The average Bonchev–Trinajstić information content (AvgIpc) is 2.80. The van der Waals surface area contributed by atoms with E-state index in [2.05, 4.69) is 24.1 Å². The Morgan fingerprint density at radius 3 is 2.85 bits per heavy atom. The molecule has 1 atom stereocenters. The number of hydrogen-bond donors (Lipinski definition) is 4. The lowest BCUT2D eigenvalue weighted by Crippen LogP contribution is -2.38. The fourth-order valence-corrected chi connectivity index (χ4v) is 2.34. The highest BCUT2D eigenvalue weighted by molar-refractivity contribution is 6.07. The lowest BCUT2D eigenvalue weighted by Gasteiger charge is -2.18. The Kier molecular flexibility index (Phi) is 4.29. The molecule has 5 nitrogen and oxygen atoms in total. The second-order valence-corrected chi connectivity index (χ2v) is 5.49. The summed E-state index contributed by atoms with van der Waals surface area (Å²) in [5.74, 6) is 0.215. The summed E-state index contributed by atoms with van der Waals surface area (Å²) in [6.45, 7) is 4.05. The van der Waals surface area contributed by atoms with Gasteiger partial charge in [-0.15, -0.1) is 0 Å². The number of amides is 1. The Morgan fingerprint density at radius 2 is 2.20 bits per heavy atom. The highest BCUT2D eigenvalue weighted by Gasteiger charge is 2.17. The number of aliphatic hydroxyl groups is 1. The van der Waals surface area contributed by atoms with Crippen molar-refractivity contribution in [2.45, 2.75) is 26.3 Å². The van der Waals surface area contributed by atoms with Crippen LogP contribution < -0.4 is 11.1 Å². The van der Waals surface area contributed by atoms with Gasteiger partial charge < -0.3 is 21.1 Å². The molecule has 1 amide bonds. The number of fused-ring (bicyclic) bond motifs is 1. The fraction of sp³-hybridized carbons (Fsp3) is 0.400. The Bertz CT molecular complexity index is 604. The van der Waals surface area contributed by atoms with Gasteiger partial charge in [-0.25, -0.2) is 0 Å². The van der Waals surface area contributed by atoms with Gasteiger partial charge >= 0.3 is 0 Å². The largest absolute Gasteiger partial charge is 0.399 e. The summed E-state index contributed by atoms with van der Waals surface area (Å²) in [5, 5.41) is 13.0. The number of nitrogens with two attached hydrogens (primary N) is 1. The van der Waals surface area contributed by atoms with Crippen molar-refractivity contribution < 1.29 is 9.90 Å². The van der Waals surface area contributed by atoms with E-state index in [0.717, 1.165) is 17.3 Å². The van der Waals surface area contributed by atoms with Gasteiger partial charge in [-0.05, 0) is 30.5 Å². The van der Waals surface area contributed by atoms with E-state index in [-0.39, 0.29) is 18.6 Å². The number of aromatic nitrogens is 1. The molecule has 2 aromatic rings. The van der Waals surface area contributed by atoms with Gasteiger partial charge in [0.15, 0.2) is 0 Å². The van der Waals surface area contributed by atoms with Crippen LogP contribution in [0.15, 0.2) is 24.4 Å². The van der Waals surface area contributed by atoms with Crippen LogP contribution in [0, 0.1) is 5.92 Å². The first-order valence-electron chi connectivity index (χ1n) is 6.79. The van der Waals surface area contributed by atoms with Gasteiger partial charge in [-0.1, -0.05) is 13.8 Å². The fourth-order valence-electron chi connectivity index (χ4n) is 2.34. The van der Waals surface area contributed by atoms with Crippen LogP contribution in [0.1, 0.15) is 30.6 Å². The number of nitrogens with one attached hydrogen (secondary N) is 2. The molecule has 1 aromatic heterocycles. The molecule has 1 heterocycles. The molecule has 0 radical (unpaired) electrons. The second kappa shape index (κ2) is 5.96. The zero-order chi connectivity index (χ0) is 14.7. The van der Waals surface area contributed by atoms with Crippen LogP contribution in [-0.2, 0) is 0 Å². The third-order valence-corrected chi connectivity index (χ3v) is 3.26. The summed E-state index contributed by atoms with van der Waals surface area (Å²) < 4.78 is 0. The zero-order valence-electron chi connectivity index (χ0n) is 11.8. The first-order valence-corrected chi connectivity index (χ1v) is 6.79. The Morgan fingerprint density at radius 1 is 1.45 bits per heavy atom. The minimum absolute atomic E-state index is 0.0611. The second-order valence-electron chi connectivity index (χ2n) is 5.49. The van der Waals surface area contributed by atoms with Gasteiger partial charge in [-0.2, -0.15) is 0 Å². The molecule has 0 spiro atoms. The van der Waals surface area contributed by atoms with Gasteiger partial charge in [0.1, 0.15) is 0 Å². The van der Waals surface area contributed by atoms with E-state index >= 15 is 0 Å². The number of aromatic amines is 1. The monoisotopic (exact) mass is 275 g/mol. The molecule has 108 valence electrons. The van der Waals surface area contributed by atoms with Gasteiger partial charge in [0.05, 0.1) is 18.2 Å². The first-order chi connectivity index (χ1) is 9.51. The van der Waals surface area contributed by atoms with E-state index in [4.69, 9.17) is 5.73 Å². The van der Waals surface area contributed by atoms with Crippen LogP contribution in [0.25, 0.3) is 10.9 Å². The molecule has 0 fully saturated rings. The van der Waals surface area contributed by atoms with Crippen molar-refractivity contribution in [1.82, 2.24) is 10.3 Å². The van der Waals surface area contributed by atoms with E-state index in [1.807, 2.05) is 6.07 Å². The molecular weight excluding hydrogens is 254 g/mol. The SMILES string of the molecule is CC(C)CC(CO)NC(=O)c1c[nH]c2ccc(N)cc12. The predicted molar refractivity (Wildman–Crippen MR) is 80.5 cm³/mol. The molecule has 0 saturated heterocycles. The number of benzene rings is 1. The molecule has 0 saturated carbocycles. The highest BCUT2D eigenvalue weighted by Crippen LogP contribution is 2.21. The molecule has 0 aliphatic rings. The molecule has 1 aromatic carbocycles. The lowest BCUT2D eigenvalue weighted by molar-refractivity contribution is 0.0910. The number of rotatable bonds is 5. The number of H-pyrrole nitrogens is 1. The zero-order valence-corrected chi connectivity index (χ0v) is 11.8. The molecule has 0 aliphatic carbocycles. The Hall–Kier alpha value is -2.01. The van der Waals surface area contributed by atoms with Crippen LogP contribution in [0.5, 0.6) is 0 Å². The maximum atomic E-state index is 12.3. The summed E-state index contributed by atoms with van der Waals surface area (Å²) in [6.07, 6.45) is 2.41. The maximum Gasteiger partial charge on any atom is 0.253 e. The summed E-state index contributed by atoms with van der Waals surface area (Å²) in [6, 6.07) is 5.18. The number of carbonyl (C=O) groups is 1. The Labute approximate surface area is 118 Å². The average molecular weight is 275 g/mol. The van der Waals surface area contributed by atoms with E-state index < -0.39 is 0 Å². The van der Waals surface area contributed by atoms with Crippen LogP contribution in [-0.4, -0.2) is 28.6 Å². The summed E-state index contributed by atoms with van der Waals surface area (Å²) >= 11 is 0. The van der Waals surface area contributed by atoms with Gasteiger partial charge in [0, 0.05) is 22.8 Å². The van der Waals surface area contributed by atoms with Crippen molar-refractivity contribution in [2.24, 2.45) is 5.92 Å². The third-order valence-electron chi connectivity index (χ3n) is 3.26. The van der Waals surface area contributed by atoms with E-state index in [1.165, 1.54) is 0 Å². The van der Waals surface area contributed by atoms with E-state index in [1.54, 1.807) is 18.3 Å². The molecular formula is C15H21N3O2. The van der Waals surface area contributed by atoms with Gasteiger partial charge in [-0.3, -0.25) is 4.79 Å². The van der Waals surface area contributed by atoms with E-state index in [0.29, 0.717) is 17.2 Å². The molecule has 0 aliphatic heterocycles. The smallest absolute Gasteiger partial charge is 0.253 e. The van der Waals surface area contributed by atoms with E-state index in [9.17, 15) is 9.90 Å². The predicted octanol–water partition coefficient (Wildman–Crippen LogP) is 1.89. The van der Waals surface area contributed by atoms with Gasteiger partial charge in [0.25, 0.3) is 5.91 Å². The maximum absolute atomic E-state index is 12.3. The molecule has 2 rings (SSSR count). The van der Waals surface area contributed by atoms with Crippen molar-refractivity contribution in [3.63, 3.8) is 0 Å². The van der Waals surface area contributed by atoms with Crippen molar-refractivity contribution >= 4 is 22.5 Å². The summed E-state index contributed by atoms with van der Waals surface area (Å²) in [5.41, 5.74) is 7.80. The number of nitrogen functional groups attached to an aromatic ring is 1. The van der Waals surface area contributed by atoms with Crippen molar-refractivity contribution in [3.05, 3.63) is 30.0 Å². The quantitative estimate of drug-likeness (QED) is 0.628. The number of carbonyl (C=O) groups excluding carboxylic acids is 1. The lowest BCUT2D eigenvalue weighted by atomic mass is 10.0. The topological polar surface area (TPSA) is 91.1 Å².